The van der Waals surface area contributed by atoms with Crippen molar-refractivity contribution in [3.63, 3.8) is 0 Å². The second-order valence-electron chi connectivity index (χ2n) is 6.65. The fourth-order valence-electron chi connectivity index (χ4n) is 3.00. The molecule has 152 valence electrons. The minimum atomic E-state index is -0.244. The van der Waals surface area contributed by atoms with Crippen LogP contribution in [0.5, 0.6) is 5.75 Å². The highest BCUT2D eigenvalue weighted by Crippen LogP contribution is 2.24. The minimum absolute atomic E-state index is 0.0351. The Labute approximate surface area is 175 Å². The third-order valence-corrected chi connectivity index (χ3v) is 5.46. The molecule has 1 heterocycles. The van der Waals surface area contributed by atoms with Gasteiger partial charge >= 0.3 is 0 Å². The van der Waals surface area contributed by atoms with Gasteiger partial charge in [-0.05, 0) is 38.5 Å². The average Bonchev–Trinajstić information content (AvgIpc) is 3.16. The summed E-state index contributed by atoms with van der Waals surface area (Å²) in [6.07, 6.45) is -0.244. The summed E-state index contributed by atoms with van der Waals surface area (Å²) in [6, 6.07) is 19.5. The molecule has 0 aliphatic rings. The molecular formula is C22H26N4O2S. The van der Waals surface area contributed by atoms with Crippen LogP contribution in [-0.2, 0) is 11.3 Å². The molecular weight excluding hydrogens is 384 g/mol. The van der Waals surface area contributed by atoms with Crippen LogP contribution in [0.1, 0.15) is 44.3 Å². The number of hydrogen-bond acceptors (Lipinski definition) is 5. The van der Waals surface area contributed by atoms with E-state index >= 15 is 0 Å². The van der Waals surface area contributed by atoms with Gasteiger partial charge in [0, 0.05) is 6.54 Å². The highest BCUT2D eigenvalue weighted by Gasteiger charge is 2.19. The molecule has 1 N–H and O–H groups in total. The number of amides is 1. The zero-order chi connectivity index (χ0) is 20.6. The van der Waals surface area contributed by atoms with Gasteiger partial charge in [-0.15, -0.1) is 10.2 Å². The van der Waals surface area contributed by atoms with Crippen molar-refractivity contribution in [3.05, 3.63) is 72.1 Å². The maximum atomic E-state index is 12.4. The Balaban J connectivity index is 1.59. The van der Waals surface area contributed by atoms with Gasteiger partial charge in [0.25, 0.3) is 0 Å². The molecule has 2 atom stereocenters. The zero-order valence-corrected chi connectivity index (χ0v) is 17.7. The Hall–Kier alpha value is -2.80. The van der Waals surface area contributed by atoms with Gasteiger partial charge in [0.1, 0.15) is 5.75 Å². The summed E-state index contributed by atoms with van der Waals surface area (Å²) in [5.41, 5.74) is 1.08. The predicted octanol–water partition coefficient (Wildman–Crippen LogP) is 4.41. The second kappa shape index (κ2) is 10.1. The van der Waals surface area contributed by atoms with Gasteiger partial charge in [-0.1, -0.05) is 60.3 Å². The van der Waals surface area contributed by atoms with Crippen molar-refractivity contribution in [1.82, 2.24) is 20.1 Å². The van der Waals surface area contributed by atoms with Crippen molar-refractivity contribution in [1.29, 1.82) is 0 Å². The van der Waals surface area contributed by atoms with E-state index in [9.17, 15) is 4.79 Å². The van der Waals surface area contributed by atoms with E-state index in [0.29, 0.717) is 11.7 Å². The minimum Gasteiger partial charge on any atom is -0.483 e. The van der Waals surface area contributed by atoms with Crippen molar-refractivity contribution in [2.75, 3.05) is 5.75 Å². The van der Waals surface area contributed by atoms with Crippen LogP contribution < -0.4 is 10.1 Å². The maximum absolute atomic E-state index is 12.4. The summed E-state index contributed by atoms with van der Waals surface area (Å²) in [5.74, 6) is 1.78. The van der Waals surface area contributed by atoms with Crippen molar-refractivity contribution in [3.8, 4) is 5.75 Å². The van der Waals surface area contributed by atoms with Crippen LogP contribution >= 0.6 is 11.8 Å². The van der Waals surface area contributed by atoms with Crippen LogP contribution in [0, 0.1) is 0 Å². The molecule has 0 aliphatic heterocycles. The lowest BCUT2D eigenvalue weighted by Gasteiger charge is -2.16. The van der Waals surface area contributed by atoms with Crippen LogP contribution in [0.15, 0.2) is 65.8 Å². The Morgan fingerprint density at radius 2 is 1.72 bits per heavy atom. The number of para-hydroxylation sites is 1. The summed E-state index contributed by atoms with van der Waals surface area (Å²) in [5, 5.41) is 12.3. The largest absolute Gasteiger partial charge is 0.483 e. The molecule has 3 rings (SSSR count). The number of carbonyl (C=O) groups excluding carboxylic acids is 1. The molecule has 0 unspecified atom stereocenters. The molecule has 7 heteroatoms. The van der Waals surface area contributed by atoms with Crippen LogP contribution in [0.25, 0.3) is 0 Å². The van der Waals surface area contributed by atoms with Crippen LogP contribution in [-0.4, -0.2) is 26.4 Å². The second-order valence-corrected chi connectivity index (χ2v) is 7.59. The zero-order valence-electron chi connectivity index (χ0n) is 16.9. The first kappa shape index (κ1) is 20.9. The number of carbonyl (C=O) groups is 1. The lowest BCUT2D eigenvalue weighted by molar-refractivity contribution is -0.119. The lowest BCUT2D eigenvalue weighted by atomic mass is 10.1. The van der Waals surface area contributed by atoms with E-state index in [1.807, 2.05) is 86.0 Å². The molecule has 6 nitrogen and oxygen atoms in total. The SMILES string of the molecule is CCn1c(SCC(=O)N[C@@H](C)c2ccccc2)nnc1[C@H](C)Oc1ccccc1. The fraction of sp³-hybridized carbons (Fsp3) is 0.318. The van der Waals surface area contributed by atoms with E-state index in [-0.39, 0.29) is 23.8 Å². The number of benzene rings is 2. The highest BCUT2D eigenvalue weighted by atomic mass is 32.2. The third kappa shape index (κ3) is 5.60. The van der Waals surface area contributed by atoms with E-state index in [2.05, 4.69) is 15.5 Å². The summed E-state index contributed by atoms with van der Waals surface area (Å²) in [7, 11) is 0. The van der Waals surface area contributed by atoms with Crippen LogP contribution in [0.4, 0.5) is 0 Å². The first-order valence-electron chi connectivity index (χ1n) is 9.70. The number of nitrogens with zero attached hydrogens (tertiary/aromatic N) is 3. The van der Waals surface area contributed by atoms with Gasteiger partial charge < -0.3 is 14.6 Å². The molecule has 1 aromatic heterocycles. The average molecular weight is 411 g/mol. The van der Waals surface area contributed by atoms with Gasteiger partial charge in [0.2, 0.25) is 5.91 Å². The van der Waals surface area contributed by atoms with Gasteiger partial charge in [0.15, 0.2) is 17.1 Å². The summed E-state index contributed by atoms with van der Waals surface area (Å²) >= 11 is 1.38. The molecule has 3 aromatic rings. The molecule has 1 amide bonds. The number of hydrogen-bond donors (Lipinski definition) is 1. The van der Waals surface area contributed by atoms with E-state index in [1.54, 1.807) is 0 Å². The van der Waals surface area contributed by atoms with Gasteiger partial charge in [0.05, 0.1) is 11.8 Å². The monoisotopic (exact) mass is 410 g/mol. The molecule has 0 saturated carbocycles. The van der Waals surface area contributed by atoms with Gasteiger partial charge in [-0.3, -0.25) is 4.79 Å². The Morgan fingerprint density at radius 3 is 2.38 bits per heavy atom. The number of rotatable bonds is 9. The first-order chi connectivity index (χ1) is 14.1. The molecule has 0 fully saturated rings. The van der Waals surface area contributed by atoms with E-state index in [0.717, 1.165) is 17.1 Å². The Kier molecular flexibility index (Phi) is 7.30. The first-order valence-corrected chi connectivity index (χ1v) is 10.7. The van der Waals surface area contributed by atoms with E-state index < -0.39 is 0 Å². The van der Waals surface area contributed by atoms with Gasteiger partial charge in [-0.25, -0.2) is 0 Å². The number of aromatic nitrogens is 3. The van der Waals surface area contributed by atoms with Gasteiger partial charge in [-0.2, -0.15) is 0 Å². The van der Waals surface area contributed by atoms with Crippen LogP contribution in [0.3, 0.4) is 0 Å². The number of ether oxygens (including phenoxy) is 1. The molecule has 0 aliphatic carbocycles. The van der Waals surface area contributed by atoms with Crippen molar-refractivity contribution >= 4 is 17.7 Å². The third-order valence-electron chi connectivity index (χ3n) is 4.49. The normalized spacial score (nSPS) is 12.9. The molecule has 29 heavy (non-hydrogen) atoms. The molecule has 0 saturated heterocycles. The van der Waals surface area contributed by atoms with E-state index in [1.165, 1.54) is 11.8 Å². The highest BCUT2D eigenvalue weighted by molar-refractivity contribution is 7.99. The lowest BCUT2D eigenvalue weighted by Crippen LogP contribution is -2.28. The molecule has 0 radical (unpaired) electrons. The van der Waals surface area contributed by atoms with Crippen molar-refractivity contribution in [2.45, 2.75) is 44.6 Å². The van der Waals surface area contributed by atoms with Crippen molar-refractivity contribution < 1.29 is 9.53 Å². The summed E-state index contributed by atoms with van der Waals surface area (Å²) < 4.78 is 7.96. The summed E-state index contributed by atoms with van der Waals surface area (Å²) in [4.78, 5) is 12.4. The number of thioether (sulfide) groups is 1. The standard InChI is InChI=1S/C22H26N4O2S/c1-4-26-21(17(3)28-19-13-9-6-10-14-19)24-25-22(26)29-15-20(27)23-16(2)18-11-7-5-8-12-18/h5-14,16-17H,4,15H2,1-3H3,(H,23,27)/t16-,17-/m0/s1. The molecule has 0 bridgehead atoms. The Bertz CT molecular complexity index is 915. The van der Waals surface area contributed by atoms with Crippen LogP contribution in [0.2, 0.25) is 0 Å². The van der Waals surface area contributed by atoms with E-state index in [4.69, 9.17) is 4.74 Å². The van der Waals surface area contributed by atoms with Crippen molar-refractivity contribution in [2.24, 2.45) is 0 Å². The quantitative estimate of drug-likeness (QED) is 0.529. The topological polar surface area (TPSA) is 69.0 Å². The Morgan fingerprint density at radius 1 is 1.07 bits per heavy atom. The molecule has 0 spiro atoms. The predicted molar refractivity (Wildman–Crippen MR) is 115 cm³/mol. The summed E-state index contributed by atoms with van der Waals surface area (Å²) in [6.45, 7) is 6.66. The fourth-order valence-corrected chi connectivity index (χ4v) is 3.82. The smallest absolute Gasteiger partial charge is 0.230 e. The molecule has 2 aromatic carbocycles. The maximum Gasteiger partial charge on any atom is 0.230 e. The number of nitrogens with one attached hydrogen (secondary N) is 1.